The summed E-state index contributed by atoms with van der Waals surface area (Å²) in [7, 11) is 1.56. The van der Waals surface area contributed by atoms with Crippen molar-refractivity contribution in [2.24, 2.45) is 0 Å². The van der Waals surface area contributed by atoms with Gasteiger partial charge >= 0.3 is 0 Å². The van der Waals surface area contributed by atoms with E-state index >= 15 is 0 Å². The number of aromatic amines is 1. The largest absolute Gasteiger partial charge is 0.504 e. The molecule has 146 valence electrons. The van der Waals surface area contributed by atoms with Crippen molar-refractivity contribution in [2.75, 3.05) is 20.2 Å². The number of quaternary nitrogens is 1. The Labute approximate surface area is 164 Å². The van der Waals surface area contributed by atoms with Crippen LogP contribution in [0.4, 0.5) is 0 Å². The molecule has 2 heterocycles. The zero-order valence-electron chi connectivity index (χ0n) is 16.8. The molecule has 2 atom stereocenters. The van der Waals surface area contributed by atoms with Gasteiger partial charge in [-0.05, 0) is 50.1 Å². The van der Waals surface area contributed by atoms with Crippen LogP contribution in [-0.4, -0.2) is 36.1 Å². The molecule has 3 N–H and O–H groups in total. The number of rotatable bonds is 4. The summed E-state index contributed by atoms with van der Waals surface area (Å²) in [6.07, 6.45) is 0.839. The standard InChI is InChI=1S/C23H26N2O3/c1-13-5-6-17-19(9-13)24-14(2)23(17)21(27)12-25-8-7-16-10-20(26)22(28-4)11-18(16)15(25)3/h5-6,9-11,15,24,26H,7-8,12H2,1-4H3/p+1/t15-/m1/s1. The monoisotopic (exact) mass is 379 g/mol. The third-order valence-electron chi connectivity index (χ3n) is 6.04. The van der Waals surface area contributed by atoms with E-state index < -0.39 is 0 Å². The van der Waals surface area contributed by atoms with E-state index in [-0.39, 0.29) is 17.6 Å². The maximum Gasteiger partial charge on any atom is 0.219 e. The lowest BCUT2D eigenvalue weighted by Gasteiger charge is -2.32. The number of aromatic hydroxyl groups is 1. The minimum Gasteiger partial charge on any atom is -0.504 e. The fourth-order valence-electron chi connectivity index (χ4n) is 4.48. The van der Waals surface area contributed by atoms with E-state index in [1.165, 1.54) is 10.5 Å². The van der Waals surface area contributed by atoms with Crippen molar-refractivity contribution >= 4 is 16.7 Å². The first-order valence-corrected chi connectivity index (χ1v) is 9.75. The number of H-pyrrole nitrogens is 1. The number of methoxy groups -OCH3 is 1. The average Bonchev–Trinajstić information content (AvgIpc) is 2.98. The second kappa shape index (κ2) is 6.99. The molecular formula is C23H27N2O3+. The Morgan fingerprint density at radius 2 is 2.07 bits per heavy atom. The predicted molar refractivity (Wildman–Crippen MR) is 110 cm³/mol. The molecule has 0 saturated carbocycles. The van der Waals surface area contributed by atoms with Crippen LogP contribution < -0.4 is 9.64 Å². The number of carbonyl (C=O) groups is 1. The van der Waals surface area contributed by atoms with Gasteiger partial charge in [-0.2, -0.15) is 0 Å². The summed E-state index contributed by atoms with van der Waals surface area (Å²) in [4.78, 5) is 17.8. The molecule has 0 aliphatic carbocycles. The van der Waals surface area contributed by atoms with E-state index in [0.29, 0.717) is 12.3 Å². The van der Waals surface area contributed by atoms with Gasteiger partial charge in [-0.1, -0.05) is 12.1 Å². The van der Waals surface area contributed by atoms with Crippen LogP contribution in [0.3, 0.4) is 0 Å². The fraction of sp³-hybridized carbons (Fsp3) is 0.348. The van der Waals surface area contributed by atoms with Crippen LogP contribution in [0.1, 0.15) is 45.7 Å². The lowest BCUT2D eigenvalue weighted by Crippen LogP contribution is -3.13. The second-order valence-corrected chi connectivity index (χ2v) is 7.88. The number of nitrogens with one attached hydrogen (secondary N) is 2. The molecule has 5 nitrogen and oxygen atoms in total. The highest BCUT2D eigenvalue weighted by atomic mass is 16.5. The van der Waals surface area contributed by atoms with Gasteiger partial charge in [0.2, 0.25) is 5.78 Å². The summed E-state index contributed by atoms with van der Waals surface area (Å²) in [5, 5.41) is 11.1. The van der Waals surface area contributed by atoms with Crippen molar-refractivity contribution in [1.29, 1.82) is 0 Å². The van der Waals surface area contributed by atoms with E-state index in [1.807, 2.05) is 19.1 Å². The molecule has 28 heavy (non-hydrogen) atoms. The Hall–Kier alpha value is -2.79. The molecule has 0 spiro atoms. The van der Waals surface area contributed by atoms with E-state index in [4.69, 9.17) is 4.74 Å². The molecule has 3 aromatic rings. The minimum absolute atomic E-state index is 0.162. The average molecular weight is 379 g/mol. The Morgan fingerprint density at radius 3 is 2.82 bits per heavy atom. The number of ketones is 1. The van der Waals surface area contributed by atoms with Crippen molar-refractivity contribution in [2.45, 2.75) is 33.2 Å². The van der Waals surface area contributed by atoms with E-state index in [9.17, 15) is 9.90 Å². The Balaban J connectivity index is 1.62. The number of hydrogen-bond acceptors (Lipinski definition) is 3. The molecule has 0 amide bonds. The van der Waals surface area contributed by atoms with Gasteiger partial charge in [0.05, 0.1) is 19.2 Å². The van der Waals surface area contributed by atoms with Crippen LogP contribution in [0, 0.1) is 13.8 Å². The SMILES string of the molecule is COc1cc2c(cc1O)CC[NH+](CC(=O)c1c(C)[nH]c3cc(C)ccc13)[C@@H]2C. The van der Waals surface area contributed by atoms with E-state index in [2.05, 4.69) is 31.0 Å². The quantitative estimate of drug-likeness (QED) is 0.611. The maximum atomic E-state index is 13.2. The molecule has 1 unspecified atom stereocenters. The summed E-state index contributed by atoms with van der Waals surface area (Å²) in [5.41, 5.74) is 6.23. The number of fused-ring (bicyclic) bond motifs is 2. The lowest BCUT2D eigenvalue weighted by atomic mass is 9.92. The molecule has 0 saturated heterocycles. The molecule has 0 bridgehead atoms. The third kappa shape index (κ3) is 3.06. The summed E-state index contributed by atoms with van der Waals surface area (Å²) < 4.78 is 5.28. The molecule has 4 rings (SSSR count). The molecular weight excluding hydrogens is 352 g/mol. The highest BCUT2D eigenvalue weighted by Crippen LogP contribution is 2.33. The number of Topliss-reactive ketones (excluding diaryl/α,β-unsaturated/α-hetero) is 1. The van der Waals surface area contributed by atoms with Crippen molar-refractivity contribution in [3.05, 3.63) is 58.3 Å². The number of aromatic nitrogens is 1. The summed E-state index contributed by atoms with van der Waals surface area (Å²) in [6.45, 7) is 7.49. The van der Waals surface area contributed by atoms with Gasteiger partial charge in [0.15, 0.2) is 11.5 Å². The molecule has 5 heteroatoms. The molecule has 0 fully saturated rings. The van der Waals surface area contributed by atoms with Gasteiger partial charge in [-0.3, -0.25) is 4.79 Å². The Morgan fingerprint density at radius 1 is 1.29 bits per heavy atom. The maximum absolute atomic E-state index is 13.2. The van der Waals surface area contributed by atoms with Crippen LogP contribution >= 0.6 is 0 Å². The number of phenolic OH excluding ortho intramolecular Hbond substituents is 1. The normalized spacial score (nSPS) is 18.9. The Bertz CT molecular complexity index is 1070. The number of benzene rings is 2. The summed E-state index contributed by atoms with van der Waals surface area (Å²) in [5.74, 6) is 0.836. The van der Waals surface area contributed by atoms with Gasteiger partial charge < -0.3 is 19.7 Å². The van der Waals surface area contributed by atoms with Crippen LogP contribution in [0.25, 0.3) is 10.9 Å². The molecule has 2 aromatic carbocycles. The number of aryl methyl sites for hydroxylation is 2. The van der Waals surface area contributed by atoms with Crippen LogP contribution in [-0.2, 0) is 6.42 Å². The van der Waals surface area contributed by atoms with Crippen molar-refractivity contribution < 1.29 is 19.5 Å². The summed E-state index contributed by atoms with van der Waals surface area (Å²) >= 11 is 0. The summed E-state index contributed by atoms with van der Waals surface area (Å²) in [6, 6.07) is 10.1. The number of ether oxygens (including phenoxy) is 1. The second-order valence-electron chi connectivity index (χ2n) is 7.88. The smallest absolute Gasteiger partial charge is 0.219 e. The van der Waals surface area contributed by atoms with Gasteiger partial charge in [0, 0.05) is 28.6 Å². The van der Waals surface area contributed by atoms with Crippen LogP contribution in [0.5, 0.6) is 11.5 Å². The topological polar surface area (TPSA) is 66.8 Å². The molecule has 1 aromatic heterocycles. The zero-order chi connectivity index (χ0) is 20.0. The molecule has 0 radical (unpaired) electrons. The fourth-order valence-corrected chi connectivity index (χ4v) is 4.48. The van der Waals surface area contributed by atoms with Crippen LogP contribution in [0.15, 0.2) is 30.3 Å². The van der Waals surface area contributed by atoms with Gasteiger partial charge in [0.25, 0.3) is 0 Å². The predicted octanol–water partition coefficient (Wildman–Crippen LogP) is 2.88. The number of carbonyl (C=O) groups excluding carboxylic acids is 1. The van der Waals surface area contributed by atoms with E-state index in [0.717, 1.165) is 46.3 Å². The molecule has 1 aliphatic heterocycles. The van der Waals surface area contributed by atoms with Crippen LogP contribution in [0.2, 0.25) is 0 Å². The number of phenols is 1. The van der Waals surface area contributed by atoms with E-state index in [1.54, 1.807) is 13.2 Å². The highest BCUT2D eigenvalue weighted by Gasteiger charge is 2.31. The minimum atomic E-state index is 0.162. The first kappa shape index (κ1) is 18.6. The lowest BCUT2D eigenvalue weighted by molar-refractivity contribution is -0.923. The van der Waals surface area contributed by atoms with Crippen molar-refractivity contribution in [3.8, 4) is 11.5 Å². The molecule has 1 aliphatic rings. The van der Waals surface area contributed by atoms with Gasteiger partial charge in [-0.25, -0.2) is 0 Å². The van der Waals surface area contributed by atoms with Gasteiger partial charge in [-0.15, -0.1) is 0 Å². The van der Waals surface area contributed by atoms with Gasteiger partial charge in [0.1, 0.15) is 12.6 Å². The first-order chi connectivity index (χ1) is 13.4. The Kier molecular flexibility index (Phi) is 4.63. The van der Waals surface area contributed by atoms with Crippen molar-refractivity contribution in [1.82, 2.24) is 4.98 Å². The zero-order valence-corrected chi connectivity index (χ0v) is 16.8. The first-order valence-electron chi connectivity index (χ1n) is 9.75. The number of hydrogen-bond donors (Lipinski definition) is 3. The highest BCUT2D eigenvalue weighted by molar-refractivity contribution is 6.09. The third-order valence-corrected chi connectivity index (χ3v) is 6.04. The van der Waals surface area contributed by atoms with Crippen molar-refractivity contribution in [3.63, 3.8) is 0 Å².